The summed E-state index contributed by atoms with van der Waals surface area (Å²) >= 11 is 7.32. The molecule has 0 aliphatic carbocycles. The van der Waals surface area contributed by atoms with Gasteiger partial charge in [-0.2, -0.15) is 0 Å². The fraction of sp³-hybridized carbons (Fsp3) is 0.167. The van der Waals surface area contributed by atoms with Crippen LogP contribution in [-0.4, -0.2) is 39.7 Å². The van der Waals surface area contributed by atoms with Gasteiger partial charge in [0.2, 0.25) is 0 Å². The van der Waals surface area contributed by atoms with E-state index in [4.69, 9.17) is 11.6 Å². The molecule has 0 aliphatic heterocycles. The van der Waals surface area contributed by atoms with Crippen molar-refractivity contribution in [2.24, 2.45) is 7.05 Å². The summed E-state index contributed by atoms with van der Waals surface area (Å²) in [4.78, 5) is 25.9. The maximum atomic E-state index is 12.7. The molecule has 29 heavy (non-hydrogen) atoms. The number of aryl methyl sites for hydroxylation is 1. The fourth-order valence-electron chi connectivity index (χ4n) is 2.62. The minimum absolute atomic E-state index is 0.156. The molecule has 0 unspecified atom stereocenters. The molecule has 0 fully saturated rings. The smallest absolute Gasteiger partial charge is 0.284 e. The number of nitro benzene ring substituents is 1. The maximum Gasteiger partial charge on any atom is 0.284 e. The van der Waals surface area contributed by atoms with Crippen LogP contribution in [0.5, 0.6) is 0 Å². The summed E-state index contributed by atoms with van der Waals surface area (Å²) in [6.07, 6.45) is 1.50. The largest absolute Gasteiger partial charge is 0.375 e. The lowest BCUT2D eigenvalue weighted by atomic mass is 10.1. The van der Waals surface area contributed by atoms with Gasteiger partial charge in [0.15, 0.2) is 5.16 Å². The average Bonchev–Trinajstić information content (AvgIpc) is 3.06. The zero-order valence-corrected chi connectivity index (χ0v) is 17.4. The van der Waals surface area contributed by atoms with E-state index >= 15 is 0 Å². The van der Waals surface area contributed by atoms with Crippen LogP contribution in [0.15, 0.2) is 52.8 Å². The number of aromatic nitrogens is 3. The van der Waals surface area contributed by atoms with Crippen LogP contribution in [0.25, 0.3) is 0 Å². The van der Waals surface area contributed by atoms with Crippen molar-refractivity contribution in [2.75, 3.05) is 24.3 Å². The first kappa shape index (κ1) is 20.6. The van der Waals surface area contributed by atoms with Gasteiger partial charge in [0.25, 0.3) is 11.6 Å². The number of carbonyl (C=O) groups is 1. The maximum absolute atomic E-state index is 12.7. The molecular formula is C18H17ClN6O3S. The minimum Gasteiger partial charge on any atom is -0.375 e. The van der Waals surface area contributed by atoms with E-state index in [1.54, 1.807) is 48.8 Å². The van der Waals surface area contributed by atoms with Gasteiger partial charge >= 0.3 is 0 Å². The number of para-hydroxylation sites is 1. The minimum atomic E-state index is -0.528. The molecule has 1 aromatic heterocycles. The summed E-state index contributed by atoms with van der Waals surface area (Å²) in [7, 11) is 5.35. The molecule has 1 heterocycles. The van der Waals surface area contributed by atoms with Gasteiger partial charge in [0.1, 0.15) is 6.33 Å². The highest BCUT2D eigenvalue weighted by atomic mass is 35.5. The second-order valence-electron chi connectivity index (χ2n) is 6.25. The van der Waals surface area contributed by atoms with Gasteiger partial charge in [-0.05, 0) is 36.0 Å². The molecule has 0 radical (unpaired) electrons. The van der Waals surface area contributed by atoms with E-state index < -0.39 is 10.8 Å². The zero-order chi connectivity index (χ0) is 21.1. The van der Waals surface area contributed by atoms with E-state index in [-0.39, 0.29) is 11.3 Å². The molecule has 9 nitrogen and oxygen atoms in total. The van der Waals surface area contributed by atoms with Crippen LogP contribution < -0.4 is 10.2 Å². The van der Waals surface area contributed by atoms with E-state index in [9.17, 15) is 14.9 Å². The number of carbonyl (C=O) groups excluding carboxylic acids is 1. The second kappa shape index (κ2) is 8.50. The summed E-state index contributed by atoms with van der Waals surface area (Å²) in [5.41, 5.74) is 1.12. The number of hydrogen-bond donors (Lipinski definition) is 1. The monoisotopic (exact) mass is 432 g/mol. The van der Waals surface area contributed by atoms with Crippen molar-refractivity contribution < 1.29 is 9.72 Å². The van der Waals surface area contributed by atoms with Crippen LogP contribution in [0, 0.1) is 10.1 Å². The first-order chi connectivity index (χ1) is 13.8. The van der Waals surface area contributed by atoms with E-state index in [0.717, 1.165) is 11.8 Å². The number of amides is 1. The summed E-state index contributed by atoms with van der Waals surface area (Å²) < 4.78 is 1.65. The van der Waals surface area contributed by atoms with Crippen LogP contribution in [-0.2, 0) is 7.05 Å². The van der Waals surface area contributed by atoms with Gasteiger partial charge in [-0.15, -0.1) is 10.2 Å². The van der Waals surface area contributed by atoms with Crippen LogP contribution in [0.4, 0.5) is 17.1 Å². The SMILES string of the molecule is CN(C)c1c(Cl)cccc1NC(=O)c1ccc(Sc2nncn2C)c([N+](=O)[O-])c1. The topological polar surface area (TPSA) is 106 Å². The van der Waals surface area contributed by atoms with Gasteiger partial charge < -0.3 is 14.8 Å². The first-order valence-electron chi connectivity index (χ1n) is 8.35. The molecule has 3 rings (SSSR count). The lowest BCUT2D eigenvalue weighted by Gasteiger charge is -2.19. The Kier molecular flexibility index (Phi) is 6.04. The van der Waals surface area contributed by atoms with Crippen LogP contribution in [0.2, 0.25) is 5.02 Å². The molecule has 1 N–H and O–H groups in total. The highest BCUT2D eigenvalue weighted by molar-refractivity contribution is 7.99. The zero-order valence-electron chi connectivity index (χ0n) is 15.8. The Bertz CT molecular complexity index is 1090. The molecule has 0 saturated heterocycles. The Labute approximate surface area is 175 Å². The van der Waals surface area contributed by atoms with Crippen LogP contribution >= 0.6 is 23.4 Å². The highest BCUT2D eigenvalue weighted by Gasteiger charge is 2.21. The normalized spacial score (nSPS) is 10.6. The lowest BCUT2D eigenvalue weighted by molar-refractivity contribution is -0.387. The van der Waals surface area contributed by atoms with Crippen molar-refractivity contribution in [2.45, 2.75) is 10.1 Å². The number of nitrogens with one attached hydrogen (secondary N) is 1. The Balaban J connectivity index is 1.91. The number of halogens is 1. The van der Waals surface area contributed by atoms with Crippen molar-refractivity contribution >= 4 is 46.3 Å². The molecular weight excluding hydrogens is 416 g/mol. The number of nitrogens with zero attached hydrogens (tertiary/aromatic N) is 5. The molecule has 0 saturated carbocycles. The van der Waals surface area contributed by atoms with Crippen LogP contribution in [0.1, 0.15) is 10.4 Å². The van der Waals surface area contributed by atoms with E-state index in [1.165, 1.54) is 24.5 Å². The molecule has 0 spiro atoms. The van der Waals surface area contributed by atoms with Gasteiger partial charge in [0.05, 0.1) is 26.2 Å². The summed E-state index contributed by atoms with van der Waals surface area (Å²) in [6.45, 7) is 0. The third-order valence-electron chi connectivity index (χ3n) is 3.97. The third kappa shape index (κ3) is 4.49. The van der Waals surface area contributed by atoms with Crippen molar-refractivity contribution in [3.05, 3.63) is 63.4 Å². The van der Waals surface area contributed by atoms with Crippen molar-refractivity contribution in [1.29, 1.82) is 0 Å². The van der Waals surface area contributed by atoms with E-state index in [1.807, 2.05) is 0 Å². The molecule has 150 valence electrons. The van der Waals surface area contributed by atoms with Crippen molar-refractivity contribution in [1.82, 2.24) is 14.8 Å². The Morgan fingerprint density at radius 3 is 2.69 bits per heavy atom. The fourth-order valence-corrected chi connectivity index (χ4v) is 3.81. The molecule has 1 amide bonds. The van der Waals surface area contributed by atoms with Crippen molar-refractivity contribution in [3.63, 3.8) is 0 Å². The van der Waals surface area contributed by atoms with E-state index in [2.05, 4.69) is 15.5 Å². The Hall–Kier alpha value is -3.11. The summed E-state index contributed by atoms with van der Waals surface area (Å²) in [5.74, 6) is -0.478. The standard InChI is InChI=1S/C18H17ClN6O3S/c1-23(2)16-12(19)5-4-6-13(16)21-17(26)11-7-8-15(14(9-11)25(27)28)29-18-22-20-10-24(18)3/h4-10H,1-3H3,(H,21,26). The Morgan fingerprint density at radius 2 is 2.07 bits per heavy atom. The molecule has 11 heteroatoms. The first-order valence-corrected chi connectivity index (χ1v) is 9.55. The number of hydrogen-bond acceptors (Lipinski definition) is 7. The lowest BCUT2D eigenvalue weighted by Crippen LogP contribution is -2.17. The van der Waals surface area contributed by atoms with Gasteiger partial charge in [-0.25, -0.2) is 0 Å². The quantitative estimate of drug-likeness (QED) is 0.465. The summed E-state index contributed by atoms with van der Waals surface area (Å²) in [6, 6.07) is 9.45. The predicted molar refractivity (Wildman–Crippen MR) is 112 cm³/mol. The van der Waals surface area contributed by atoms with Gasteiger partial charge in [-0.1, -0.05) is 17.7 Å². The number of anilines is 2. The Morgan fingerprint density at radius 1 is 1.31 bits per heavy atom. The van der Waals surface area contributed by atoms with Crippen LogP contribution in [0.3, 0.4) is 0 Å². The highest BCUT2D eigenvalue weighted by Crippen LogP contribution is 2.35. The number of rotatable bonds is 6. The average molecular weight is 433 g/mol. The van der Waals surface area contributed by atoms with Gasteiger partial charge in [-0.3, -0.25) is 14.9 Å². The third-order valence-corrected chi connectivity index (χ3v) is 5.39. The molecule has 0 bridgehead atoms. The van der Waals surface area contributed by atoms with E-state index in [0.29, 0.717) is 26.4 Å². The molecule has 0 aliphatic rings. The predicted octanol–water partition coefficient (Wildman–Crippen LogP) is 3.85. The molecule has 3 aromatic rings. The van der Waals surface area contributed by atoms with Gasteiger partial charge in [0, 0.05) is 32.8 Å². The molecule has 2 aromatic carbocycles. The molecule has 0 atom stereocenters. The van der Waals surface area contributed by atoms with Crippen molar-refractivity contribution in [3.8, 4) is 0 Å². The second-order valence-corrected chi connectivity index (χ2v) is 7.67. The summed E-state index contributed by atoms with van der Waals surface area (Å²) in [5, 5.41) is 23.0. The number of nitro groups is 1. The number of benzene rings is 2.